The largest absolute Gasteiger partial charge is 0.338 e. The van der Waals surface area contributed by atoms with Gasteiger partial charge in [0, 0.05) is 36.5 Å². The topological polar surface area (TPSA) is 51.0 Å². The monoisotopic (exact) mass is 316 g/mol. The molecule has 6 heteroatoms. The van der Waals surface area contributed by atoms with Crippen LogP contribution in [0, 0.1) is 6.92 Å². The van der Waals surface area contributed by atoms with Gasteiger partial charge in [0.15, 0.2) is 0 Å². The number of aryl methyl sites for hydroxylation is 2. The maximum absolute atomic E-state index is 12.2. The highest BCUT2D eigenvalue weighted by Crippen LogP contribution is 2.39. The Labute approximate surface area is 133 Å². The van der Waals surface area contributed by atoms with Crippen molar-refractivity contribution in [3.8, 4) is 0 Å². The van der Waals surface area contributed by atoms with Crippen molar-refractivity contribution in [3.05, 3.63) is 33.8 Å². The fraction of sp³-hybridized carbons (Fsp3) is 0.562. The van der Waals surface area contributed by atoms with Crippen LogP contribution >= 0.6 is 11.3 Å². The zero-order chi connectivity index (χ0) is 15.1. The summed E-state index contributed by atoms with van der Waals surface area (Å²) in [6.07, 6.45) is 6.03. The zero-order valence-corrected chi connectivity index (χ0v) is 13.6. The molecule has 2 aliphatic rings. The minimum absolute atomic E-state index is 0.256. The maximum Gasteiger partial charge on any atom is 0.223 e. The van der Waals surface area contributed by atoms with E-state index in [4.69, 9.17) is 0 Å². The molecular formula is C16H20N4OS. The summed E-state index contributed by atoms with van der Waals surface area (Å²) in [5.74, 6) is 0.896. The Morgan fingerprint density at radius 2 is 2.23 bits per heavy atom. The molecule has 0 aromatic carbocycles. The van der Waals surface area contributed by atoms with Crippen LogP contribution < -0.4 is 0 Å². The molecule has 2 fully saturated rings. The van der Waals surface area contributed by atoms with E-state index in [2.05, 4.69) is 34.9 Å². The second-order valence-corrected chi connectivity index (χ2v) is 7.38. The lowest BCUT2D eigenvalue weighted by molar-refractivity contribution is -0.137. The van der Waals surface area contributed by atoms with Crippen molar-refractivity contribution in [2.45, 2.75) is 44.6 Å². The molecule has 0 spiro atoms. The third-order valence-corrected chi connectivity index (χ3v) is 5.73. The van der Waals surface area contributed by atoms with E-state index in [0.29, 0.717) is 18.4 Å². The Morgan fingerprint density at radius 1 is 1.41 bits per heavy atom. The average molecular weight is 316 g/mol. The fourth-order valence-electron chi connectivity index (χ4n) is 2.90. The number of hydrogen-bond donors (Lipinski definition) is 0. The van der Waals surface area contributed by atoms with Crippen LogP contribution in [0.25, 0.3) is 0 Å². The molecule has 1 saturated heterocycles. The lowest BCUT2D eigenvalue weighted by Gasteiger charge is -2.39. The molecular weight excluding hydrogens is 296 g/mol. The van der Waals surface area contributed by atoms with Crippen LogP contribution in [-0.4, -0.2) is 38.9 Å². The minimum Gasteiger partial charge on any atom is -0.338 e. The van der Waals surface area contributed by atoms with Gasteiger partial charge in [0.2, 0.25) is 5.91 Å². The van der Waals surface area contributed by atoms with Gasteiger partial charge in [-0.1, -0.05) is 5.21 Å². The van der Waals surface area contributed by atoms with Crippen molar-refractivity contribution in [2.24, 2.45) is 0 Å². The van der Waals surface area contributed by atoms with Gasteiger partial charge in [0.05, 0.1) is 11.7 Å². The lowest BCUT2D eigenvalue weighted by atomic mass is 10.1. The minimum atomic E-state index is 0.256. The summed E-state index contributed by atoms with van der Waals surface area (Å²) in [4.78, 5) is 15.5. The van der Waals surface area contributed by atoms with Crippen molar-refractivity contribution in [2.75, 3.05) is 13.1 Å². The van der Waals surface area contributed by atoms with Gasteiger partial charge < -0.3 is 4.90 Å². The molecule has 1 saturated carbocycles. The number of thiophene rings is 1. The smallest absolute Gasteiger partial charge is 0.223 e. The number of rotatable bonds is 5. The summed E-state index contributed by atoms with van der Waals surface area (Å²) in [5.41, 5.74) is 2.42. The molecule has 5 nitrogen and oxygen atoms in total. The quantitative estimate of drug-likeness (QED) is 0.852. The average Bonchev–Trinajstić information content (AvgIpc) is 3.06. The normalized spacial score (nSPS) is 18.5. The highest BCUT2D eigenvalue weighted by molar-refractivity contribution is 7.10. The highest BCUT2D eigenvalue weighted by Gasteiger charge is 2.34. The van der Waals surface area contributed by atoms with E-state index in [9.17, 15) is 4.79 Å². The molecule has 116 valence electrons. The molecule has 0 atom stereocenters. The van der Waals surface area contributed by atoms with Gasteiger partial charge in [0.1, 0.15) is 0 Å². The second kappa shape index (κ2) is 5.50. The summed E-state index contributed by atoms with van der Waals surface area (Å²) in [5, 5.41) is 10.6. The summed E-state index contributed by atoms with van der Waals surface area (Å²) >= 11 is 1.74. The zero-order valence-electron chi connectivity index (χ0n) is 12.7. The molecule has 1 amide bonds. The molecule has 4 rings (SSSR count). The molecule has 2 aromatic heterocycles. The summed E-state index contributed by atoms with van der Waals surface area (Å²) in [6.45, 7) is 3.66. The van der Waals surface area contributed by atoms with Gasteiger partial charge in [-0.15, -0.1) is 16.4 Å². The number of hydrogen-bond acceptors (Lipinski definition) is 4. The maximum atomic E-state index is 12.2. The van der Waals surface area contributed by atoms with Gasteiger partial charge in [0.25, 0.3) is 0 Å². The predicted molar refractivity (Wildman–Crippen MR) is 85.0 cm³/mol. The Hall–Kier alpha value is -1.69. The number of nitrogens with zero attached hydrogens (tertiary/aromatic N) is 4. The molecule has 3 heterocycles. The molecule has 22 heavy (non-hydrogen) atoms. The number of likely N-dealkylation sites (tertiary alicyclic amines) is 1. The van der Waals surface area contributed by atoms with E-state index in [-0.39, 0.29) is 5.91 Å². The number of carbonyl (C=O) groups is 1. The Morgan fingerprint density at radius 3 is 2.91 bits per heavy atom. The van der Waals surface area contributed by atoms with Crippen LogP contribution in [0.5, 0.6) is 0 Å². The van der Waals surface area contributed by atoms with Crippen LogP contribution in [0.4, 0.5) is 0 Å². The Kier molecular flexibility index (Phi) is 3.48. The van der Waals surface area contributed by atoms with Crippen LogP contribution in [0.15, 0.2) is 17.6 Å². The van der Waals surface area contributed by atoms with E-state index in [1.165, 1.54) is 23.3 Å². The van der Waals surface area contributed by atoms with Crippen molar-refractivity contribution >= 4 is 17.2 Å². The van der Waals surface area contributed by atoms with Crippen LogP contribution in [0.3, 0.4) is 0 Å². The van der Waals surface area contributed by atoms with Crippen LogP contribution in [-0.2, 0) is 11.2 Å². The van der Waals surface area contributed by atoms with Crippen molar-refractivity contribution in [1.29, 1.82) is 0 Å². The van der Waals surface area contributed by atoms with Gasteiger partial charge in [-0.05, 0) is 43.2 Å². The molecule has 1 aliphatic carbocycles. The standard InChI is InChI=1S/C16H20N4OS/c1-11-6-7-22-15(11)4-5-16(21)19-8-13(9-19)20-10-14(17-18-20)12-2-3-12/h6-7,10,12-13H,2-5,8-9H2,1H3. The molecule has 0 N–H and O–H groups in total. The van der Waals surface area contributed by atoms with Gasteiger partial charge in [-0.25, -0.2) is 4.68 Å². The Bertz CT molecular complexity index is 682. The summed E-state index contributed by atoms with van der Waals surface area (Å²) in [6, 6.07) is 2.43. The van der Waals surface area contributed by atoms with E-state index in [0.717, 1.165) is 25.2 Å². The van der Waals surface area contributed by atoms with Gasteiger partial charge in [-0.2, -0.15) is 0 Å². The first-order valence-corrected chi connectivity index (χ1v) is 8.81. The number of amides is 1. The number of carbonyl (C=O) groups excluding carboxylic acids is 1. The Balaban J connectivity index is 1.27. The molecule has 0 radical (unpaired) electrons. The third kappa shape index (κ3) is 2.67. The van der Waals surface area contributed by atoms with Gasteiger partial charge in [-0.3, -0.25) is 4.79 Å². The first kappa shape index (κ1) is 13.9. The SMILES string of the molecule is Cc1ccsc1CCC(=O)N1CC(n2cc(C3CC3)nn2)C1. The van der Waals surface area contributed by atoms with E-state index in [1.54, 1.807) is 11.3 Å². The molecule has 2 aromatic rings. The number of aromatic nitrogens is 3. The van der Waals surface area contributed by atoms with E-state index >= 15 is 0 Å². The second-order valence-electron chi connectivity index (χ2n) is 6.38. The van der Waals surface area contributed by atoms with Crippen LogP contribution in [0.1, 0.15) is 47.4 Å². The van der Waals surface area contributed by atoms with E-state index < -0.39 is 0 Å². The molecule has 1 aliphatic heterocycles. The van der Waals surface area contributed by atoms with Crippen LogP contribution in [0.2, 0.25) is 0 Å². The molecule has 0 unspecified atom stereocenters. The first-order chi connectivity index (χ1) is 10.7. The molecule has 0 bridgehead atoms. The predicted octanol–water partition coefficient (Wildman–Crippen LogP) is 2.54. The fourth-order valence-corrected chi connectivity index (χ4v) is 3.81. The lowest BCUT2D eigenvalue weighted by Crippen LogP contribution is -2.50. The van der Waals surface area contributed by atoms with E-state index in [1.807, 2.05) is 9.58 Å². The van der Waals surface area contributed by atoms with Crippen molar-refractivity contribution < 1.29 is 4.79 Å². The van der Waals surface area contributed by atoms with Gasteiger partial charge >= 0.3 is 0 Å². The summed E-state index contributed by atoms with van der Waals surface area (Å²) < 4.78 is 1.95. The van der Waals surface area contributed by atoms with Crippen molar-refractivity contribution in [3.63, 3.8) is 0 Å². The summed E-state index contributed by atoms with van der Waals surface area (Å²) in [7, 11) is 0. The van der Waals surface area contributed by atoms with Crippen molar-refractivity contribution in [1.82, 2.24) is 19.9 Å². The third-order valence-electron chi connectivity index (χ3n) is 4.65. The first-order valence-electron chi connectivity index (χ1n) is 7.93. The highest BCUT2D eigenvalue weighted by atomic mass is 32.1.